The van der Waals surface area contributed by atoms with E-state index in [9.17, 15) is 0 Å². The van der Waals surface area contributed by atoms with E-state index in [4.69, 9.17) is 10.5 Å². The summed E-state index contributed by atoms with van der Waals surface area (Å²) in [5, 5.41) is 0. The first kappa shape index (κ1) is 13.1. The summed E-state index contributed by atoms with van der Waals surface area (Å²) in [5.41, 5.74) is 8.60. The molecule has 1 fully saturated rings. The van der Waals surface area contributed by atoms with E-state index in [1.807, 2.05) is 0 Å². The van der Waals surface area contributed by atoms with Gasteiger partial charge in [-0.3, -0.25) is 0 Å². The Labute approximate surface area is 115 Å². The summed E-state index contributed by atoms with van der Waals surface area (Å²) in [5.74, 6) is 0.762. The Bertz CT molecular complexity index is 413. The summed E-state index contributed by atoms with van der Waals surface area (Å²) in [6, 6.07) is 8.87. The van der Waals surface area contributed by atoms with Gasteiger partial charge < -0.3 is 15.4 Å². The third-order valence-corrected chi connectivity index (χ3v) is 4.45. The highest BCUT2D eigenvalue weighted by Crippen LogP contribution is 2.35. The summed E-state index contributed by atoms with van der Waals surface area (Å²) in [4.78, 5) is 2.60. The monoisotopic (exact) mass is 260 g/mol. The van der Waals surface area contributed by atoms with Crippen molar-refractivity contribution >= 4 is 0 Å². The molecule has 104 valence electrons. The predicted octanol–water partition coefficient (Wildman–Crippen LogP) is 1.77. The Balaban J connectivity index is 1.44. The van der Waals surface area contributed by atoms with E-state index < -0.39 is 0 Å². The highest BCUT2D eigenvalue weighted by molar-refractivity contribution is 5.40. The van der Waals surface area contributed by atoms with Crippen molar-refractivity contribution in [2.45, 2.75) is 31.3 Å². The van der Waals surface area contributed by atoms with Gasteiger partial charge in [0.05, 0.1) is 12.7 Å². The molecule has 1 heterocycles. The Morgan fingerprint density at radius 1 is 1.21 bits per heavy atom. The molecule has 3 rings (SSSR count). The van der Waals surface area contributed by atoms with Crippen molar-refractivity contribution in [2.75, 3.05) is 32.8 Å². The molecule has 1 aromatic carbocycles. The summed E-state index contributed by atoms with van der Waals surface area (Å²) in [6.07, 6.45) is 4.02. The van der Waals surface area contributed by atoms with Gasteiger partial charge in [0, 0.05) is 32.1 Å². The van der Waals surface area contributed by atoms with Gasteiger partial charge in [0.25, 0.3) is 0 Å². The average molecular weight is 260 g/mol. The summed E-state index contributed by atoms with van der Waals surface area (Å²) in [6.45, 7) is 4.92. The molecule has 1 aliphatic carbocycles. The maximum Gasteiger partial charge on any atom is 0.0600 e. The second kappa shape index (κ2) is 6.04. The molecule has 1 atom stereocenters. The summed E-state index contributed by atoms with van der Waals surface area (Å²) >= 11 is 0. The fourth-order valence-corrected chi connectivity index (χ4v) is 3.33. The van der Waals surface area contributed by atoms with E-state index in [0.717, 1.165) is 18.8 Å². The molecule has 0 amide bonds. The van der Waals surface area contributed by atoms with E-state index in [1.165, 1.54) is 26.1 Å². The molecular formula is C16H24N2O. The van der Waals surface area contributed by atoms with Crippen LogP contribution >= 0.6 is 0 Å². The normalized spacial score (nSPS) is 23.9. The van der Waals surface area contributed by atoms with Gasteiger partial charge in [-0.1, -0.05) is 24.3 Å². The van der Waals surface area contributed by atoms with Crippen LogP contribution in [0.25, 0.3) is 0 Å². The highest BCUT2D eigenvalue weighted by Gasteiger charge is 2.29. The Kier molecular flexibility index (Phi) is 4.16. The van der Waals surface area contributed by atoms with Gasteiger partial charge >= 0.3 is 0 Å². The number of ether oxygens (including phenoxy) is 1. The van der Waals surface area contributed by atoms with Crippen molar-refractivity contribution < 1.29 is 4.74 Å². The van der Waals surface area contributed by atoms with Crippen LogP contribution in [0.1, 0.15) is 29.9 Å². The van der Waals surface area contributed by atoms with Gasteiger partial charge in [-0.25, -0.2) is 0 Å². The van der Waals surface area contributed by atoms with Crippen LogP contribution in [0.15, 0.2) is 24.3 Å². The number of hydrogen-bond acceptors (Lipinski definition) is 3. The van der Waals surface area contributed by atoms with Gasteiger partial charge in [-0.15, -0.1) is 0 Å². The van der Waals surface area contributed by atoms with Crippen LogP contribution < -0.4 is 5.73 Å². The van der Waals surface area contributed by atoms with Crippen molar-refractivity contribution in [3.05, 3.63) is 35.4 Å². The zero-order valence-electron chi connectivity index (χ0n) is 11.6. The number of hydrogen-bond donors (Lipinski definition) is 1. The summed E-state index contributed by atoms with van der Waals surface area (Å²) < 4.78 is 5.73. The van der Waals surface area contributed by atoms with Crippen LogP contribution in [-0.4, -0.2) is 43.8 Å². The second-order valence-electron chi connectivity index (χ2n) is 5.76. The number of rotatable bonds is 5. The lowest BCUT2D eigenvalue weighted by Crippen LogP contribution is -2.41. The van der Waals surface area contributed by atoms with Crippen LogP contribution in [0, 0.1) is 0 Å². The van der Waals surface area contributed by atoms with E-state index in [2.05, 4.69) is 29.2 Å². The second-order valence-corrected chi connectivity index (χ2v) is 5.76. The maximum atomic E-state index is 5.73. The number of likely N-dealkylation sites (tertiary alicyclic amines) is 1. The van der Waals surface area contributed by atoms with Gasteiger partial charge in [0.15, 0.2) is 0 Å². The molecule has 1 aromatic rings. The smallest absolute Gasteiger partial charge is 0.0600 e. The van der Waals surface area contributed by atoms with Crippen molar-refractivity contribution in [1.82, 2.24) is 4.90 Å². The summed E-state index contributed by atoms with van der Waals surface area (Å²) in [7, 11) is 0. The lowest BCUT2D eigenvalue weighted by molar-refractivity contribution is 0.00987. The first-order chi connectivity index (χ1) is 9.36. The van der Waals surface area contributed by atoms with Gasteiger partial charge in [-0.2, -0.15) is 0 Å². The molecule has 3 nitrogen and oxygen atoms in total. The standard InChI is InChI=1S/C16H24N2O/c17-7-10-19-15-5-8-18(9-6-15)12-14-11-13-3-1-2-4-16(13)14/h1-4,14-15H,5-12,17H2. The Hall–Kier alpha value is -0.900. The third-order valence-electron chi connectivity index (χ3n) is 4.45. The van der Waals surface area contributed by atoms with Crippen LogP contribution in [0.2, 0.25) is 0 Å². The van der Waals surface area contributed by atoms with E-state index in [-0.39, 0.29) is 0 Å². The number of fused-ring (bicyclic) bond motifs is 1. The van der Waals surface area contributed by atoms with Gasteiger partial charge in [-0.05, 0) is 30.4 Å². The van der Waals surface area contributed by atoms with Crippen molar-refractivity contribution in [2.24, 2.45) is 5.73 Å². The average Bonchev–Trinajstić information content (AvgIpc) is 2.44. The third kappa shape index (κ3) is 2.99. The molecule has 0 bridgehead atoms. The molecule has 0 aromatic heterocycles. The SMILES string of the molecule is NCCOC1CCN(CC2Cc3ccccc32)CC1. The molecular weight excluding hydrogens is 236 g/mol. The van der Waals surface area contributed by atoms with Crippen LogP contribution in [0.3, 0.4) is 0 Å². The topological polar surface area (TPSA) is 38.5 Å². The van der Waals surface area contributed by atoms with Crippen molar-refractivity contribution in [1.29, 1.82) is 0 Å². The number of nitrogens with zero attached hydrogens (tertiary/aromatic N) is 1. The number of benzene rings is 1. The largest absolute Gasteiger partial charge is 0.377 e. The molecule has 1 saturated heterocycles. The quantitative estimate of drug-likeness (QED) is 0.877. The molecule has 2 N–H and O–H groups in total. The number of nitrogens with two attached hydrogens (primary N) is 1. The molecule has 0 spiro atoms. The lowest BCUT2D eigenvalue weighted by Gasteiger charge is -2.38. The van der Waals surface area contributed by atoms with Crippen LogP contribution in [-0.2, 0) is 11.2 Å². The van der Waals surface area contributed by atoms with Gasteiger partial charge in [0.1, 0.15) is 0 Å². The Morgan fingerprint density at radius 2 is 2.00 bits per heavy atom. The minimum atomic E-state index is 0.438. The maximum absolute atomic E-state index is 5.73. The zero-order chi connectivity index (χ0) is 13.1. The van der Waals surface area contributed by atoms with E-state index in [1.54, 1.807) is 11.1 Å². The molecule has 3 heteroatoms. The van der Waals surface area contributed by atoms with Crippen LogP contribution in [0.5, 0.6) is 0 Å². The molecule has 0 saturated carbocycles. The van der Waals surface area contributed by atoms with Crippen LogP contribution in [0.4, 0.5) is 0 Å². The van der Waals surface area contributed by atoms with Crippen molar-refractivity contribution in [3.63, 3.8) is 0 Å². The number of piperidine rings is 1. The first-order valence-electron chi connectivity index (χ1n) is 7.48. The molecule has 19 heavy (non-hydrogen) atoms. The highest BCUT2D eigenvalue weighted by atomic mass is 16.5. The lowest BCUT2D eigenvalue weighted by atomic mass is 9.77. The van der Waals surface area contributed by atoms with Gasteiger partial charge in [0.2, 0.25) is 0 Å². The Morgan fingerprint density at radius 3 is 2.74 bits per heavy atom. The van der Waals surface area contributed by atoms with E-state index >= 15 is 0 Å². The minimum Gasteiger partial charge on any atom is -0.377 e. The molecule has 0 radical (unpaired) electrons. The molecule has 2 aliphatic rings. The fraction of sp³-hybridized carbons (Fsp3) is 0.625. The predicted molar refractivity (Wildman–Crippen MR) is 77.4 cm³/mol. The zero-order valence-corrected chi connectivity index (χ0v) is 11.6. The molecule has 1 unspecified atom stereocenters. The van der Waals surface area contributed by atoms with Crippen molar-refractivity contribution in [3.8, 4) is 0 Å². The molecule has 1 aliphatic heterocycles. The minimum absolute atomic E-state index is 0.438. The van der Waals surface area contributed by atoms with E-state index in [0.29, 0.717) is 19.3 Å². The first-order valence-corrected chi connectivity index (χ1v) is 7.48. The fourth-order valence-electron chi connectivity index (χ4n) is 3.33.